The largest absolute Gasteiger partial charge is 0.431 e. The molecule has 0 aliphatic heterocycles. The summed E-state index contributed by atoms with van der Waals surface area (Å²) in [7, 11) is 2.83. The maximum Gasteiger partial charge on any atom is 0.431 e. The van der Waals surface area contributed by atoms with E-state index in [1.54, 1.807) is 6.92 Å². The van der Waals surface area contributed by atoms with Crippen molar-refractivity contribution in [3.8, 4) is 0 Å². The molecule has 1 heterocycles. The molecule has 0 spiro atoms. The number of hydrogen-bond acceptors (Lipinski definition) is 4. The van der Waals surface area contributed by atoms with Gasteiger partial charge in [0.05, 0.1) is 12.2 Å². The Kier molecular flexibility index (Phi) is 8.56. The van der Waals surface area contributed by atoms with Crippen LogP contribution in [0.1, 0.15) is 39.1 Å². The molecule has 0 unspecified atom stereocenters. The monoisotopic (exact) mass is 376 g/mol. The molecule has 0 aliphatic carbocycles. The van der Waals surface area contributed by atoms with Gasteiger partial charge >= 0.3 is 6.18 Å². The van der Waals surface area contributed by atoms with E-state index >= 15 is 0 Å². The lowest BCUT2D eigenvalue weighted by molar-refractivity contribution is -0.128. The highest BCUT2D eigenvalue weighted by Gasteiger charge is 2.37. The van der Waals surface area contributed by atoms with Crippen LogP contribution in [0.15, 0.2) is 22.3 Å². The quantitative estimate of drug-likeness (QED) is 0.819. The number of carbonyl (C=O) groups excluding carboxylic acids is 1. The van der Waals surface area contributed by atoms with Crippen molar-refractivity contribution in [3.05, 3.63) is 39.2 Å². The van der Waals surface area contributed by atoms with Crippen molar-refractivity contribution < 1.29 is 18.0 Å². The van der Waals surface area contributed by atoms with E-state index in [1.165, 1.54) is 38.7 Å². The summed E-state index contributed by atoms with van der Waals surface area (Å²) < 4.78 is 39.9. The van der Waals surface area contributed by atoms with Gasteiger partial charge in [-0.3, -0.25) is 9.59 Å². The van der Waals surface area contributed by atoms with Gasteiger partial charge in [-0.15, -0.1) is 0 Å². The number of halogens is 3. The zero-order chi connectivity index (χ0) is 20.8. The van der Waals surface area contributed by atoms with Crippen LogP contribution in [-0.4, -0.2) is 33.6 Å². The van der Waals surface area contributed by atoms with Crippen LogP contribution in [0.5, 0.6) is 0 Å². The van der Waals surface area contributed by atoms with Crippen molar-refractivity contribution in [1.29, 1.82) is 0 Å². The molecule has 1 aromatic heterocycles. The van der Waals surface area contributed by atoms with Crippen molar-refractivity contribution in [1.82, 2.24) is 14.5 Å². The maximum absolute atomic E-state index is 12.9. The summed E-state index contributed by atoms with van der Waals surface area (Å²) in [6, 6.07) is 0. The summed E-state index contributed by atoms with van der Waals surface area (Å²) in [5.41, 5.74) is 3.39. The zero-order valence-corrected chi connectivity index (χ0v) is 16.2. The summed E-state index contributed by atoms with van der Waals surface area (Å²) in [6.07, 6.45) is -3.28. The van der Waals surface area contributed by atoms with Gasteiger partial charge in [-0.05, 0) is 12.8 Å². The van der Waals surface area contributed by atoms with Crippen LogP contribution in [0, 0.1) is 12.8 Å². The number of likely N-dealkylation sites (N-methyl/N-ethyl adjacent to an activating group) is 1. The standard InChI is InChI=1S/C15H21F3N4O2.C2H6/c1-8(2)11(12(19)15(16,17)18)14(24)22(5)7-10-13(23)21(4)6-9(3)20-10;1-2/h6,8H,7,19H2,1-5H3;1-2H3/b12-11-;. The molecule has 0 radical (unpaired) electrons. The molecule has 26 heavy (non-hydrogen) atoms. The summed E-state index contributed by atoms with van der Waals surface area (Å²) in [5, 5.41) is 0. The van der Waals surface area contributed by atoms with Crippen LogP contribution in [-0.2, 0) is 18.4 Å². The number of aryl methyl sites for hydroxylation is 2. The van der Waals surface area contributed by atoms with Crippen molar-refractivity contribution >= 4 is 5.91 Å². The third-order valence-corrected chi connectivity index (χ3v) is 3.40. The van der Waals surface area contributed by atoms with Gasteiger partial charge in [0.15, 0.2) is 0 Å². The molecule has 1 rings (SSSR count). The Hall–Kier alpha value is -2.32. The second-order valence-corrected chi connectivity index (χ2v) is 5.89. The Bertz CT molecular complexity index is 722. The molecule has 0 aliphatic rings. The fourth-order valence-corrected chi connectivity index (χ4v) is 2.26. The number of amides is 1. The van der Waals surface area contributed by atoms with Crippen molar-refractivity contribution in [3.63, 3.8) is 0 Å². The Labute approximate surface area is 151 Å². The Balaban J connectivity index is 0.00000301. The van der Waals surface area contributed by atoms with Gasteiger partial charge in [-0.2, -0.15) is 13.2 Å². The summed E-state index contributed by atoms with van der Waals surface area (Å²) in [5.74, 6) is -1.61. The fourth-order valence-electron chi connectivity index (χ4n) is 2.26. The van der Waals surface area contributed by atoms with Crippen LogP contribution >= 0.6 is 0 Å². The molecule has 148 valence electrons. The first-order chi connectivity index (χ1) is 11.9. The van der Waals surface area contributed by atoms with Crippen LogP contribution in [0.3, 0.4) is 0 Å². The van der Waals surface area contributed by atoms with Gasteiger partial charge < -0.3 is 15.2 Å². The lowest BCUT2D eigenvalue weighted by Gasteiger charge is -2.23. The normalized spacial score (nSPS) is 12.3. The average molecular weight is 376 g/mol. The molecule has 0 bridgehead atoms. The first kappa shape index (κ1) is 23.7. The SMILES string of the molecule is CC.Cc1cn(C)c(=O)c(CN(C)C(=O)/C(=C(\N)C(F)(F)F)C(C)C)n1. The predicted octanol–water partition coefficient (Wildman–Crippen LogP) is 2.50. The van der Waals surface area contributed by atoms with Gasteiger partial charge in [0, 0.05) is 25.9 Å². The smallest absolute Gasteiger partial charge is 0.394 e. The number of rotatable bonds is 4. The summed E-state index contributed by atoms with van der Waals surface area (Å²) in [6.45, 7) is 8.35. The second-order valence-electron chi connectivity index (χ2n) is 5.89. The van der Waals surface area contributed by atoms with Gasteiger partial charge in [0.25, 0.3) is 11.5 Å². The third kappa shape index (κ3) is 5.89. The number of aromatic nitrogens is 2. The van der Waals surface area contributed by atoms with Crippen LogP contribution in [0.25, 0.3) is 0 Å². The van der Waals surface area contributed by atoms with Crippen LogP contribution < -0.4 is 11.3 Å². The molecule has 0 atom stereocenters. The van der Waals surface area contributed by atoms with Gasteiger partial charge in [0.2, 0.25) is 0 Å². The van der Waals surface area contributed by atoms with Crippen LogP contribution in [0.2, 0.25) is 0 Å². The molecule has 0 aromatic carbocycles. The van der Waals surface area contributed by atoms with E-state index < -0.39 is 34.8 Å². The van der Waals surface area contributed by atoms with Gasteiger partial charge in [-0.25, -0.2) is 4.98 Å². The number of allylic oxidation sites excluding steroid dienone is 1. The third-order valence-electron chi connectivity index (χ3n) is 3.40. The molecule has 2 N–H and O–H groups in total. The van der Waals surface area contributed by atoms with Gasteiger partial charge in [-0.1, -0.05) is 27.7 Å². The molecule has 9 heteroatoms. The minimum atomic E-state index is -4.80. The number of hydrogen-bond donors (Lipinski definition) is 1. The van der Waals surface area contributed by atoms with Crippen molar-refractivity contribution in [2.45, 2.75) is 47.3 Å². The number of nitrogens with two attached hydrogens (primary N) is 1. The first-order valence-corrected chi connectivity index (χ1v) is 8.21. The number of carbonyl (C=O) groups is 1. The van der Waals surface area contributed by atoms with Crippen molar-refractivity contribution in [2.24, 2.45) is 18.7 Å². The lowest BCUT2D eigenvalue weighted by atomic mass is 9.99. The minimum Gasteiger partial charge on any atom is -0.394 e. The molecule has 0 saturated carbocycles. The van der Waals surface area contributed by atoms with E-state index in [9.17, 15) is 22.8 Å². The minimum absolute atomic E-state index is 0.0713. The second kappa shape index (κ2) is 9.40. The van der Waals surface area contributed by atoms with Crippen LogP contribution in [0.4, 0.5) is 13.2 Å². The van der Waals surface area contributed by atoms with E-state index in [-0.39, 0.29) is 12.2 Å². The van der Waals surface area contributed by atoms with E-state index in [4.69, 9.17) is 5.73 Å². The highest BCUT2D eigenvalue weighted by atomic mass is 19.4. The van der Waals surface area contributed by atoms with Gasteiger partial charge in [0.1, 0.15) is 11.4 Å². The molecule has 1 aromatic rings. The van der Waals surface area contributed by atoms with E-state index in [2.05, 4.69) is 4.98 Å². The summed E-state index contributed by atoms with van der Waals surface area (Å²) >= 11 is 0. The Morgan fingerprint density at radius 1 is 1.35 bits per heavy atom. The topological polar surface area (TPSA) is 81.2 Å². The molecule has 6 nitrogen and oxygen atoms in total. The molecular formula is C17H27F3N4O2. The number of alkyl halides is 3. The average Bonchev–Trinajstić information content (AvgIpc) is 2.52. The Morgan fingerprint density at radius 3 is 2.27 bits per heavy atom. The fraction of sp³-hybridized carbons (Fsp3) is 0.588. The Morgan fingerprint density at radius 2 is 1.85 bits per heavy atom. The summed E-state index contributed by atoms with van der Waals surface area (Å²) in [4.78, 5) is 29.5. The van der Waals surface area contributed by atoms with Crippen molar-refractivity contribution in [2.75, 3.05) is 7.05 Å². The zero-order valence-electron chi connectivity index (χ0n) is 16.2. The first-order valence-electron chi connectivity index (χ1n) is 8.21. The highest BCUT2D eigenvalue weighted by molar-refractivity contribution is 5.94. The lowest BCUT2D eigenvalue weighted by Crippen LogP contribution is -2.36. The number of nitrogens with zero attached hydrogens (tertiary/aromatic N) is 3. The molecule has 0 fully saturated rings. The predicted molar refractivity (Wildman–Crippen MR) is 94.1 cm³/mol. The van der Waals surface area contributed by atoms with E-state index in [0.717, 1.165) is 4.90 Å². The van der Waals surface area contributed by atoms with E-state index in [0.29, 0.717) is 5.69 Å². The maximum atomic E-state index is 12.9. The molecule has 1 amide bonds. The van der Waals surface area contributed by atoms with E-state index in [1.807, 2.05) is 13.8 Å². The molecular weight excluding hydrogens is 349 g/mol. The highest BCUT2D eigenvalue weighted by Crippen LogP contribution is 2.28. The molecule has 0 saturated heterocycles.